The van der Waals surface area contributed by atoms with Crippen molar-refractivity contribution in [2.24, 2.45) is 7.05 Å². The van der Waals surface area contributed by atoms with Gasteiger partial charge in [-0.05, 0) is 30.0 Å². The molecule has 2 aromatic rings. The van der Waals surface area contributed by atoms with E-state index >= 15 is 0 Å². The Kier molecular flexibility index (Phi) is 5.87. The first kappa shape index (κ1) is 16.2. The van der Waals surface area contributed by atoms with Crippen LogP contribution in [0.4, 0.5) is 0 Å². The lowest BCUT2D eigenvalue weighted by molar-refractivity contribution is 0.503. The molecule has 2 nitrogen and oxygen atoms in total. The average molecular weight is 465 g/mol. The molecule has 0 radical (unpaired) electrons. The first-order chi connectivity index (χ1) is 9.61. The Morgan fingerprint density at radius 1 is 1.20 bits per heavy atom. The predicted molar refractivity (Wildman–Crippen MR) is 94.9 cm³/mol. The lowest BCUT2D eigenvalue weighted by atomic mass is 9.80. The number of aromatic nitrogens is 2. The van der Waals surface area contributed by atoms with Gasteiger partial charge in [-0.3, -0.25) is 4.68 Å². The lowest BCUT2D eigenvalue weighted by Crippen LogP contribution is -2.31. The molecule has 2 rings (SSSR count). The minimum absolute atomic E-state index is 0.0793. The molecular formula is C15H17Br3N2. The van der Waals surface area contributed by atoms with Crippen LogP contribution in [0.15, 0.2) is 41.1 Å². The molecule has 5 heteroatoms. The summed E-state index contributed by atoms with van der Waals surface area (Å²) in [6.07, 6.45) is 6.13. The van der Waals surface area contributed by atoms with E-state index in [1.165, 1.54) is 15.6 Å². The van der Waals surface area contributed by atoms with Crippen molar-refractivity contribution in [2.45, 2.75) is 18.3 Å². The molecule has 0 fully saturated rings. The summed E-state index contributed by atoms with van der Waals surface area (Å²) in [5.41, 5.74) is 2.71. The van der Waals surface area contributed by atoms with Crippen LogP contribution in [0.2, 0.25) is 0 Å². The molecule has 1 heterocycles. The SMILES string of the molecule is Cn1cc(CCC(CBr)(CBr)c2ccccc2Br)cn1. The Morgan fingerprint density at radius 2 is 1.90 bits per heavy atom. The Hall–Kier alpha value is -0.130. The quantitative estimate of drug-likeness (QED) is 0.559. The number of hydrogen-bond donors (Lipinski definition) is 0. The van der Waals surface area contributed by atoms with E-state index in [9.17, 15) is 0 Å². The number of aryl methyl sites for hydroxylation is 2. The zero-order chi connectivity index (χ0) is 14.6. The van der Waals surface area contributed by atoms with E-state index in [0.717, 1.165) is 23.5 Å². The van der Waals surface area contributed by atoms with Crippen molar-refractivity contribution in [1.29, 1.82) is 0 Å². The van der Waals surface area contributed by atoms with Gasteiger partial charge in [0.2, 0.25) is 0 Å². The molecular weight excluding hydrogens is 448 g/mol. The average Bonchev–Trinajstić information content (AvgIpc) is 2.88. The van der Waals surface area contributed by atoms with Crippen LogP contribution in [-0.4, -0.2) is 20.4 Å². The molecule has 0 saturated heterocycles. The molecule has 0 atom stereocenters. The van der Waals surface area contributed by atoms with Crippen molar-refractivity contribution in [3.8, 4) is 0 Å². The minimum Gasteiger partial charge on any atom is -0.276 e. The van der Waals surface area contributed by atoms with Crippen LogP contribution in [-0.2, 0) is 18.9 Å². The summed E-state index contributed by atoms with van der Waals surface area (Å²) >= 11 is 11.1. The fourth-order valence-corrected chi connectivity index (χ4v) is 5.12. The van der Waals surface area contributed by atoms with E-state index in [2.05, 4.69) is 83.4 Å². The van der Waals surface area contributed by atoms with E-state index < -0.39 is 0 Å². The maximum atomic E-state index is 4.24. The number of halogens is 3. The zero-order valence-electron chi connectivity index (χ0n) is 11.3. The summed E-state index contributed by atoms with van der Waals surface area (Å²) in [5.74, 6) is 0. The third-order valence-electron chi connectivity index (χ3n) is 3.61. The smallest absolute Gasteiger partial charge is 0.0521 e. The highest BCUT2D eigenvalue weighted by Gasteiger charge is 2.31. The van der Waals surface area contributed by atoms with E-state index in [1.54, 1.807) is 0 Å². The molecule has 0 spiro atoms. The predicted octanol–water partition coefficient (Wildman–Crippen LogP) is 4.84. The number of alkyl halides is 2. The summed E-state index contributed by atoms with van der Waals surface area (Å²) in [7, 11) is 1.96. The number of nitrogens with zero attached hydrogens (tertiary/aromatic N) is 2. The molecule has 0 saturated carbocycles. The van der Waals surface area contributed by atoms with Crippen LogP contribution >= 0.6 is 47.8 Å². The molecule has 0 N–H and O–H groups in total. The Labute approximate surface area is 145 Å². The Bertz CT molecular complexity index is 562. The second-order valence-electron chi connectivity index (χ2n) is 5.05. The van der Waals surface area contributed by atoms with Crippen LogP contribution in [0.1, 0.15) is 17.5 Å². The molecule has 1 aromatic carbocycles. The van der Waals surface area contributed by atoms with Crippen molar-refractivity contribution >= 4 is 47.8 Å². The fourth-order valence-electron chi connectivity index (χ4n) is 2.32. The first-order valence-corrected chi connectivity index (χ1v) is 9.49. The normalized spacial score (nSPS) is 11.8. The number of hydrogen-bond acceptors (Lipinski definition) is 1. The van der Waals surface area contributed by atoms with Crippen molar-refractivity contribution in [2.75, 3.05) is 10.7 Å². The second-order valence-corrected chi connectivity index (χ2v) is 7.03. The maximum absolute atomic E-state index is 4.24. The van der Waals surface area contributed by atoms with Gasteiger partial charge in [0.1, 0.15) is 0 Å². The van der Waals surface area contributed by atoms with Gasteiger partial charge >= 0.3 is 0 Å². The largest absolute Gasteiger partial charge is 0.276 e. The zero-order valence-corrected chi connectivity index (χ0v) is 16.1. The highest BCUT2D eigenvalue weighted by atomic mass is 79.9. The van der Waals surface area contributed by atoms with Crippen molar-refractivity contribution in [3.63, 3.8) is 0 Å². The molecule has 0 amide bonds. The van der Waals surface area contributed by atoms with Crippen LogP contribution in [0.3, 0.4) is 0 Å². The van der Waals surface area contributed by atoms with Crippen LogP contribution in [0.5, 0.6) is 0 Å². The first-order valence-electron chi connectivity index (χ1n) is 6.46. The van der Waals surface area contributed by atoms with Gasteiger partial charge in [0.05, 0.1) is 6.20 Å². The van der Waals surface area contributed by atoms with E-state index in [4.69, 9.17) is 0 Å². The highest BCUT2D eigenvalue weighted by molar-refractivity contribution is 9.10. The third kappa shape index (κ3) is 3.55. The van der Waals surface area contributed by atoms with Crippen molar-refractivity contribution in [3.05, 3.63) is 52.3 Å². The topological polar surface area (TPSA) is 17.8 Å². The molecule has 0 aliphatic rings. The van der Waals surface area contributed by atoms with E-state index in [-0.39, 0.29) is 5.41 Å². The standard InChI is InChI=1S/C15H17Br3N2/c1-20-9-12(8-19-20)6-7-15(10-16,11-17)13-4-2-3-5-14(13)18/h2-5,8-9H,6-7,10-11H2,1H3. The summed E-state index contributed by atoms with van der Waals surface area (Å²) in [6.45, 7) is 0. The minimum atomic E-state index is 0.0793. The molecule has 1 aromatic heterocycles. The number of benzene rings is 1. The van der Waals surface area contributed by atoms with E-state index in [1.807, 2.05) is 17.9 Å². The van der Waals surface area contributed by atoms with Gasteiger partial charge in [-0.2, -0.15) is 5.10 Å². The van der Waals surface area contributed by atoms with Crippen molar-refractivity contribution < 1.29 is 0 Å². The van der Waals surface area contributed by atoms with Gasteiger partial charge < -0.3 is 0 Å². The summed E-state index contributed by atoms with van der Waals surface area (Å²) in [6, 6.07) is 8.47. The van der Waals surface area contributed by atoms with Gasteiger partial charge in [-0.25, -0.2) is 0 Å². The highest BCUT2D eigenvalue weighted by Crippen LogP contribution is 2.37. The molecule has 0 unspecified atom stereocenters. The summed E-state index contributed by atoms with van der Waals surface area (Å²) in [4.78, 5) is 0. The summed E-state index contributed by atoms with van der Waals surface area (Å²) in [5, 5.41) is 6.09. The van der Waals surface area contributed by atoms with Gasteiger partial charge in [0.25, 0.3) is 0 Å². The number of rotatable bonds is 6. The van der Waals surface area contributed by atoms with Crippen LogP contribution in [0, 0.1) is 0 Å². The molecule has 20 heavy (non-hydrogen) atoms. The van der Waals surface area contributed by atoms with Gasteiger partial charge in [-0.15, -0.1) is 0 Å². The molecule has 108 valence electrons. The lowest BCUT2D eigenvalue weighted by Gasteiger charge is -2.31. The Morgan fingerprint density at radius 3 is 2.45 bits per heavy atom. The second kappa shape index (κ2) is 7.23. The van der Waals surface area contributed by atoms with E-state index in [0.29, 0.717) is 0 Å². The Balaban J connectivity index is 2.23. The van der Waals surface area contributed by atoms with Crippen LogP contribution < -0.4 is 0 Å². The molecule has 0 bridgehead atoms. The van der Waals surface area contributed by atoms with Crippen LogP contribution in [0.25, 0.3) is 0 Å². The molecule has 0 aliphatic heterocycles. The van der Waals surface area contributed by atoms with Gasteiger partial charge in [0.15, 0.2) is 0 Å². The van der Waals surface area contributed by atoms with Gasteiger partial charge in [-0.1, -0.05) is 66.0 Å². The van der Waals surface area contributed by atoms with Crippen molar-refractivity contribution in [1.82, 2.24) is 9.78 Å². The fraction of sp³-hybridized carbons (Fsp3) is 0.400. The monoisotopic (exact) mass is 462 g/mol. The maximum Gasteiger partial charge on any atom is 0.0521 e. The van der Waals surface area contributed by atoms with Gasteiger partial charge in [0, 0.05) is 33.8 Å². The third-order valence-corrected chi connectivity index (χ3v) is 6.45. The molecule has 0 aliphatic carbocycles. The summed E-state index contributed by atoms with van der Waals surface area (Å²) < 4.78 is 3.03.